The van der Waals surface area contributed by atoms with E-state index in [-0.39, 0.29) is 11.5 Å². The van der Waals surface area contributed by atoms with Gasteiger partial charge in [0, 0.05) is 5.69 Å². The molecule has 0 atom stereocenters. The molecule has 0 aliphatic heterocycles. The first-order chi connectivity index (χ1) is 14.6. The average Bonchev–Trinajstić information content (AvgIpc) is 2.83. The normalized spacial score (nSPS) is 9.57. The SMILES string of the molecule is CC.CC.CC.O=S(=O)(Nc1cccc(CO)c1)c1ccc(-c2ccccc2)cc1. The molecule has 0 radical (unpaired) electrons. The highest BCUT2D eigenvalue weighted by molar-refractivity contribution is 7.92. The Morgan fingerprint density at radius 3 is 1.77 bits per heavy atom. The fraction of sp³-hybridized carbons (Fsp3) is 0.280. The van der Waals surface area contributed by atoms with Crippen molar-refractivity contribution in [1.29, 1.82) is 0 Å². The Bertz CT molecular complexity index is 922. The summed E-state index contributed by atoms with van der Waals surface area (Å²) in [6, 6.07) is 23.2. The fourth-order valence-electron chi connectivity index (χ4n) is 2.40. The van der Waals surface area contributed by atoms with E-state index < -0.39 is 10.0 Å². The minimum absolute atomic E-state index is 0.138. The van der Waals surface area contributed by atoms with E-state index in [0.29, 0.717) is 11.3 Å². The highest BCUT2D eigenvalue weighted by Crippen LogP contribution is 2.22. The van der Waals surface area contributed by atoms with Crippen LogP contribution in [-0.2, 0) is 16.6 Å². The van der Waals surface area contributed by atoms with Crippen LogP contribution in [0.2, 0.25) is 0 Å². The molecule has 0 aliphatic rings. The van der Waals surface area contributed by atoms with Gasteiger partial charge in [-0.15, -0.1) is 0 Å². The Labute approximate surface area is 182 Å². The Hall–Kier alpha value is -2.63. The van der Waals surface area contributed by atoms with Gasteiger partial charge >= 0.3 is 0 Å². The van der Waals surface area contributed by atoms with Crippen molar-refractivity contribution in [1.82, 2.24) is 0 Å². The molecule has 0 heterocycles. The van der Waals surface area contributed by atoms with E-state index in [1.54, 1.807) is 48.5 Å². The number of hydrogen-bond acceptors (Lipinski definition) is 3. The highest BCUT2D eigenvalue weighted by atomic mass is 32.2. The molecule has 5 heteroatoms. The second-order valence-corrected chi connectivity index (χ2v) is 7.04. The van der Waals surface area contributed by atoms with Crippen molar-refractivity contribution < 1.29 is 13.5 Å². The van der Waals surface area contributed by atoms with E-state index >= 15 is 0 Å². The molecule has 0 amide bonds. The number of aliphatic hydroxyl groups is 1. The van der Waals surface area contributed by atoms with Crippen LogP contribution >= 0.6 is 0 Å². The van der Waals surface area contributed by atoms with Crippen LogP contribution in [0.25, 0.3) is 11.1 Å². The molecule has 30 heavy (non-hydrogen) atoms. The summed E-state index contributed by atoms with van der Waals surface area (Å²) in [5.41, 5.74) is 3.06. The Morgan fingerprint density at radius 1 is 0.700 bits per heavy atom. The van der Waals surface area contributed by atoms with E-state index in [2.05, 4.69) is 4.72 Å². The minimum Gasteiger partial charge on any atom is -0.392 e. The number of aliphatic hydroxyl groups excluding tert-OH is 1. The van der Waals surface area contributed by atoms with E-state index in [0.717, 1.165) is 11.1 Å². The van der Waals surface area contributed by atoms with Crippen molar-refractivity contribution in [3.05, 3.63) is 84.4 Å². The highest BCUT2D eigenvalue weighted by Gasteiger charge is 2.14. The number of nitrogens with one attached hydrogen (secondary N) is 1. The summed E-state index contributed by atoms with van der Waals surface area (Å²) >= 11 is 0. The molecule has 0 aliphatic carbocycles. The summed E-state index contributed by atoms with van der Waals surface area (Å²) in [4.78, 5) is 0.191. The van der Waals surface area contributed by atoms with Crippen LogP contribution in [0.4, 0.5) is 5.69 Å². The minimum atomic E-state index is -3.67. The number of hydrogen-bond donors (Lipinski definition) is 2. The molecule has 0 spiro atoms. The van der Waals surface area contributed by atoms with Crippen molar-refractivity contribution in [3.8, 4) is 11.1 Å². The lowest BCUT2D eigenvalue weighted by atomic mass is 10.1. The van der Waals surface area contributed by atoms with E-state index in [4.69, 9.17) is 5.11 Å². The third-order valence-corrected chi connectivity index (χ3v) is 5.03. The van der Waals surface area contributed by atoms with Gasteiger partial charge in [0.15, 0.2) is 0 Å². The van der Waals surface area contributed by atoms with Crippen molar-refractivity contribution in [2.24, 2.45) is 0 Å². The summed E-state index contributed by atoms with van der Waals surface area (Å²) in [5, 5.41) is 9.14. The summed E-state index contributed by atoms with van der Waals surface area (Å²) in [6.45, 7) is 11.9. The van der Waals surface area contributed by atoms with E-state index in [9.17, 15) is 8.42 Å². The maximum absolute atomic E-state index is 12.5. The Kier molecular flexibility index (Phi) is 13.9. The van der Waals surface area contributed by atoms with Gasteiger partial charge in [0.05, 0.1) is 11.5 Å². The van der Waals surface area contributed by atoms with Gasteiger partial charge in [-0.1, -0.05) is 96.1 Å². The first kappa shape index (κ1) is 27.4. The second kappa shape index (κ2) is 15.2. The zero-order valence-electron chi connectivity index (χ0n) is 18.9. The lowest BCUT2D eigenvalue weighted by molar-refractivity contribution is 0.282. The van der Waals surface area contributed by atoms with Crippen LogP contribution in [-0.4, -0.2) is 13.5 Å². The number of rotatable bonds is 5. The van der Waals surface area contributed by atoms with Crippen molar-refractivity contribution in [3.63, 3.8) is 0 Å². The zero-order chi connectivity index (χ0) is 23.0. The van der Waals surface area contributed by atoms with Crippen LogP contribution in [0.3, 0.4) is 0 Å². The quantitative estimate of drug-likeness (QED) is 0.473. The third-order valence-electron chi connectivity index (χ3n) is 3.63. The molecule has 164 valence electrons. The monoisotopic (exact) mass is 429 g/mol. The molecular formula is C25H35NO3S. The summed E-state index contributed by atoms with van der Waals surface area (Å²) in [7, 11) is -3.67. The lowest BCUT2D eigenvalue weighted by Gasteiger charge is -2.10. The molecule has 0 unspecified atom stereocenters. The van der Waals surface area contributed by atoms with Gasteiger partial charge in [0.25, 0.3) is 10.0 Å². The Morgan fingerprint density at radius 2 is 1.23 bits per heavy atom. The van der Waals surface area contributed by atoms with Gasteiger partial charge in [-0.05, 0) is 41.0 Å². The molecule has 4 nitrogen and oxygen atoms in total. The maximum Gasteiger partial charge on any atom is 0.261 e. The molecule has 0 bridgehead atoms. The summed E-state index contributed by atoms with van der Waals surface area (Å²) in [5.74, 6) is 0. The van der Waals surface area contributed by atoms with Crippen molar-refractivity contribution >= 4 is 15.7 Å². The first-order valence-electron chi connectivity index (χ1n) is 10.5. The van der Waals surface area contributed by atoms with Crippen LogP contribution < -0.4 is 4.72 Å². The van der Waals surface area contributed by atoms with Gasteiger partial charge in [0.1, 0.15) is 0 Å². The zero-order valence-corrected chi connectivity index (χ0v) is 19.7. The van der Waals surface area contributed by atoms with Gasteiger partial charge in [-0.3, -0.25) is 4.72 Å². The molecule has 3 rings (SSSR count). The molecule has 0 fully saturated rings. The molecule has 0 saturated carbocycles. The van der Waals surface area contributed by atoms with Crippen molar-refractivity contribution in [2.75, 3.05) is 4.72 Å². The predicted octanol–water partition coefficient (Wildman–Crippen LogP) is 6.73. The van der Waals surface area contributed by atoms with Gasteiger partial charge in [-0.2, -0.15) is 0 Å². The fourth-order valence-corrected chi connectivity index (χ4v) is 3.45. The average molecular weight is 430 g/mol. The van der Waals surface area contributed by atoms with Crippen LogP contribution in [0.15, 0.2) is 83.8 Å². The maximum atomic E-state index is 12.5. The van der Waals surface area contributed by atoms with E-state index in [1.165, 1.54) is 0 Å². The molecule has 0 aromatic heterocycles. The van der Waals surface area contributed by atoms with Crippen LogP contribution in [0.1, 0.15) is 47.1 Å². The predicted molar refractivity (Wildman–Crippen MR) is 129 cm³/mol. The molecule has 3 aromatic carbocycles. The lowest BCUT2D eigenvalue weighted by Crippen LogP contribution is -2.13. The summed E-state index contributed by atoms with van der Waals surface area (Å²) in [6.07, 6.45) is 0. The van der Waals surface area contributed by atoms with Crippen LogP contribution in [0.5, 0.6) is 0 Å². The van der Waals surface area contributed by atoms with Crippen LogP contribution in [0, 0.1) is 0 Å². The number of anilines is 1. The number of benzene rings is 3. The standard InChI is InChI=1S/C19H17NO3S.3C2H6/c21-14-15-5-4-8-18(13-15)20-24(22,23)19-11-9-17(10-12-19)16-6-2-1-3-7-16;3*1-2/h1-13,20-21H,14H2;3*1-2H3. The summed E-state index contributed by atoms with van der Waals surface area (Å²) < 4.78 is 27.5. The second-order valence-electron chi connectivity index (χ2n) is 5.35. The van der Waals surface area contributed by atoms with Gasteiger partial charge < -0.3 is 5.11 Å². The molecular weight excluding hydrogens is 394 g/mol. The van der Waals surface area contributed by atoms with Crippen molar-refractivity contribution in [2.45, 2.75) is 53.0 Å². The molecule has 3 aromatic rings. The number of sulfonamides is 1. The smallest absolute Gasteiger partial charge is 0.261 e. The topological polar surface area (TPSA) is 66.4 Å². The Balaban J connectivity index is 0.00000129. The molecule has 2 N–H and O–H groups in total. The first-order valence-corrected chi connectivity index (χ1v) is 11.9. The van der Waals surface area contributed by atoms with Gasteiger partial charge in [0.2, 0.25) is 0 Å². The van der Waals surface area contributed by atoms with E-state index in [1.807, 2.05) is 71.9 Å². The van der Waals surface area contributed by atoms with Gasteiger partial charge in [-0.25, -0.2) is 8.42 Å². The third kappa shape index (κ3) is 8.39. The largest absolute Gasteiger partial charge is 0.392 e. The molecule has 0 saturated heterocycles.